The number of pyridine rings is 1. The predicted octanol–water partition coefficient (Wildman–Crippen LogP) is 4.53. The molecule has 1 aromatic heterocycles. The summed E-state index contributed by atoms with van der Waals surface area (Å²) in [6.45, 7) is 0.527. The molecule has 25 heavy (non-hydrogen) atoms. The zero-order valence-corrected chi connectivity index (χ0v) is 14.9. The molecule has 0 N–H and O–H groups in total. The van der Waals surface area contributed by atoms with Crippen molar-refractivity contribution in [2.24, 2.45) is 0 Å². The van der Waals surface area contributed by atoms with Crippen molar-refractivity contribution in [3.8, 4) is 0 Å². The summed E-state index contributed by atoms with van der Waals surface area (Å²) in [6, 6.07) is 3.70. The maximum absolute atomic E-state index is 14.0. The smallest absolute Gasteiger partial charge is 0.257 e. The largest absolute Gasteiger partial charge is 0.370 e. The average molecular weight is 408 g/mol. The quantitative estimate of drug-likeness (QED) is 0.542. The number of nitrogens with zero attached hydrogens (tertiary/aromatic N) is 2. The molecule has 1 aromatic carbocycles. The van der Waals surface area contributed by atoms with Gasteiger partial charge in [-0.3, -0.25) is 4.79 Å². The molecule has 0 saturated carbocycles. The lowest BCUT2D eigenvalue weighted by Crippen LogP contribution is -2.42. The molecule has 0 aliphatic carbocycles. The number of halogens is 5. The van der Waals surface area contributed by atoms with E-state index in [1.54, 1.807) is 0 Å². The van der Waals surface area contributed by atoms with Crippen LogP contribution in [0.4, 0.5) is 8.78 Å². The lowest BCUT2D eigenvalue weighted by molar-refractivity contribution is -0.0230. The molecule has 1 aliphatic rings. The number of carbonyl (C=O) groups excluding carboxylic acids is 1. The Kier molecular flexibility index (Phi) is 5.43. The minimum absolute atomic E-state index is 0.0823. The van der Waals surface area contributed by atoms with Gasteiger partial charge in [-0.15, -0.1) is 0 Å². The molecule has 1 fully saturated rings. The molecule has 3 rings (SSSR count). The van der Waals surface area contributed by atoms with Gasteiger partial charge in [0.05, 0.1) is 23.7 Å². The highest BCUT2D eigenvalue weighted by molar-refractivity contribution is 6.35. The van der Waals surface area contributed by atoms with Gasteiger partial charge in [-0.25, -0.2) is 13.8 Å². The summed E-state index contributed by atoms with van der Waals surface area (Å²) in [6.07, 6.45) is 0.597. The summed E-state index contributed by atoms with van der Waals surface area (Å²) in [4.78, 5) is 17.5. The van der Waals surface area contributed by atoms with Crippen molar-refractivity contribution in [1.29, 1.82) is 0 Å². The first kappa shape index (κ1) is 18.3. The van der Waals surface area contributed by atoms with Gasteiger partial charge in [0.15, 0.2) is 11.0 Å². The molecule has 1 amide bonds. The van der Waals surface area contributed by atoms with Gasteiger partial charge < -0.3 is 9.64 Å². The number of hydrogen-bond donors (Lipinski definition) is 0. The standard InChI is InChI=1S/C16H11Cl3F2N2O2/c17-10-6-11(18)12(20)5-9(10)13-7-23(3-4-25-13)16(24)8-1-2-22-15(19)14(8)21/h1-2,5-6,13H,3-4,7H2/t13-/m1/s1. The Balaban J connectivity index is 1.85. The fraction of sp³-hybridized carbons (Fsp3) is 0.250. The number of hydrogen-bond acceptors (Lipinski definition) is 3. The Hall–Kier alpha value is -1.47. The highest BCUT2D eigenvalue weighted by Crippen LogP contribution is 2.33. The highest BCUT2D eigenvalue weighted by atomic mass is 35.5. The third kappa shape index (κ3) is 3.72. The highest BCUT2D eigenvalue weighted by Gasteiger charge is 2.29. The first-order valence-electron chi connectivity index (χ1n) is 7.23. The molecule has 0 radical (unpaired) electrons. The molecular weight excluding hydrogens is 397 g/mol. The molecule has 1 atom stereocenters. The molecule has 2 heterocycles. The second-order valence-corrected chi connectivity index (χ2v) is 6.53. The van der Waals surface area contributed by atoms with Crippen molar-refractivity contribution < 1.29 is 18.3 Å². The van der Waals surface area contributed by atoms with Crippen LogP contribution in [0, 0.1) is 11.6 Å². The van der Waals surface area contributed by atoms with Crippen molar-refractivity contribution in [1.82, 2.24) is 9.88 Å². The van der Waals surface area contributed by atoms with Crippen LogP contribution in [0.3, 0.4) is 0 Å². The van der Waals surface area contributed by atoms with E-state index in [1.165, 1.54) is 29.3 Å². The van der Waals surface area contributed by atoms with Crippen LogP contribution in [-0.4, -0.2) is 35.5 Å². The summed E-state index contributed by atoms with van der Waals surface area (Å²) in [5.74, 6) is -2.08. The second kappa shape index (κ2) is 7.41. The Morgan fingerprint density at radius 3 is 2.76 bits per heavy atom. The number of amides is 1. The van der Waals surface area contributed by atoms with E-state index in [0.717, 1.165) is 0 Å². The van der Waals surface area contributed by atoms with Gasteiger partial charge in [0, 0.05) is 23.3 Å². The van der Waals surface area contributed by atoms with Gasteiger partial charge in [0.25, 0.3) is 5.91 Å². The van der Waals surface area contributed by atoms with Gasteiger partial charge in [-0.1, -0.05) is 34.8 Å². The molecule has 132 valence electrons. The lowest BCUT2D eigenvalue weighted by Gasteiger charge is -2.33. The van der Waals surface area contributed by atoms with E-state index >= 15 is 0 Å². The molecule has 1 saturated heterocycles. The van der Waals surface area contributed by atoms with Crippen molar-refractivity contribution >= 4 is 40.7 Å². The van der Waals surface area contributed by atoms with Gasteiger partial charge >= 0.3 is 0 Å². The van der Waals surface area contributed by atoms with Crippen molar-refractivity contribution in [2.45, 2.75) is 6.10 Å². The topological polar surface area (TPSA) is 42.4 Å². The number of morpholine rings is 1. The van der Waals surface area contributed by atoms with E-state index in [1.807, 2.05) is 0 Å². The van der Waals surface area contributed by atoms with Crippen LogP contribution in [0.15, 0.2) is 24.4 Å². The van der Waals surface area contributed by atoms with Crippen molar-refractivity contribution in [3.05, 3.63) is 62.4 Å². The summed E-state index contributed by atoms with van der Waals surface area (Å²) in [5, 5.41) is -0.256. The summed E-state index contributed by atoms with van der Waals surface area (Å²) < 4.78 is 33.4. The number of ether oxygens (including phenoxy) is 1. The minimum atomic E-state index is -0.882. The van der Waals surface area contributed by atoms with E-state index in [9.17, 15) is 13.6 Å². The molecule has 0 unspecified atom stereocenters. The zero-order valence-electron chi connectivity index (χ0n) is 12.6. The number of carbonyl (C=O) groups is 1. The van der Waals surface area contributed by atoms with E-state index in [0.29, 0.717) is 5.56 Å². The molecule has 0 spiro atoms. The monoisotopic (exact) mass is 406 g/mol. The van der Waals surface area contributed by atoms with Crippen LogP contribution >= 0.6 is 34.8 Å². The third-order valence-electron chi connectivity index (χ3n) is 3.82. The van der Waals surface area contributed by atoms with Crippen LogP contribution in [0.1, 0.15) is 22.0 Å². The summed E-state index contributed by atoms with van der Waals surface area (Å²) in [5.41, 5.74) is 0.184. The molecule has 9 heteroatoms. The molecule has 1 aliphatic heterocycles. The van der Waals surface area contributed by atoms with Crippen LogP contribution < -0.4 is 0 Å². The van der Waals surface area contributed by atoms with E-state index in [4.69, 9.17) is 39.5 Å². The molecular formula is C16H11Cl3F2N2O2. The van der Waals surface area contributed by atoms with Crippen LogP contribution in [-0.2, 0) is 4.74 Å². The van der Waals surface area contributed by atoms with Crippen molar-refractivity contribution in [3.63, 3.8) is 0 Å². The Morgan fingerprint density at radius 1 is 1.24 bits per heavy atom. The molecule has 0 bridgehead atoms. The molecule has 4 nitrogen and oxygen atoms in total. The number of rotatable bonds is 2. The first-order valence-corrected chi connectivity index (χ1v) is 8.37. The SMILES string of the molecule is O=C(c1ccnc(Cl)c1F)N1CCO[C@@H](c2cc(F)c(Cl)cc2Cl)C1. The van der Waals surface area contributed by atoms with E-state index < -0.39 is 23.6 Å². The Morgan fingerprint density at radius 2 is 2.00 bits per heavy atom. The Bertz CT molecular complexity index is 835. The van der Waals surface area contributed by atoms with Crippen LogP contribution in [0.25, 0.3) is 0 Å². The zero-order chi connectivity index (χ0) is 18.1. The van der Waals surface area contributed by atoms with Gasteiger partial charge in [-0.2, -0.15) is 0 Å². The van der Waals surface area contributed by atoms with Gasteiger partial charge in [0.2, 0.25) is 0 Å². The first-order chi connectivity index (χ1) is 11.9. The van der Waals surface area contributed by atoms with Gasteiger partial charge in [-0.05, 0) is 18.2 Å². The van der Waals surface area contributed by atoms with Gasteiger partial charge in [0.1, 0.15) is 11.9 Å². The molecule has 2 aromatic rings. The maximum Gasteiger partial charge on any atom is 0.257 e. The fourth-order valence-electron chi connectivity index (χ4n) is 2.56. The van der Waals surface area contributed by atoms with Crippen molar-refractivity contribution in [2.75, 3.05) is 19.7 Å². The number of aromatic nitrogens is 1. The normalized spacial score (nSPS) is 17.6. The summed E-state index contributed by atoms with van der Waals surface area (Å²) in [7, 11) is 0. The summed E-state index contributed by atoms with van der Waals surface area (Å²) >= 11 is 17.4. The average Bonchev–Trinajstić information content (AvgIpc) is 2.60. The number of benzene rings is 1. The second-order valence-electron chi connectivity index (χ2n) is 5.36. The Labute approximate surface area is 157 Å². The van der Waals surface area contributed by atoms with E-state index in [-0.39, 0.29) is 40.5 Å². The minimum Gasteiger partial charge on any atom is -0.370 e. The lowest BCUT2D eigenvalue weighted by atomic mass is 10.1. The third-order valence-corrected chi connectivity index (χ3v) is 4.70. The van der Waals surface area contributed by atoms with Crippen LogP contribution in [0.5, 0.6) is 0 Å². The van der Waals surface area contributed by atoms with E-state index in [2.05, 4.69) is 4.98 Å². The van der Waals surface area contributed by atoms with Crippen LogP contribution in [0.2, 0.25) is 15.2 Å². The maximum atomic E-state index is 14.0. The fourth-order valence-corrected chi connectivity index (χ4v) is 3.22. The predicted molar refractivity (Wildman–Crippen MR) is 90.2 cm³/mol.